The first-order valence-electron chi connectivity index (χ1n) is 11.0. The quantitative estimate of drug-likeness (QED) is 0.680. The molecule has 8 nitrogen and oxygen atoms in total. The average molecular weight is 429 g/mol. The van der Waals surface area contributed by atoms with Gasteiger partial charge in [-0.05, 0) is 37.0 Å². The molecule has 0 radical (unpaired) electrons. The number of H-pyrrole nitrogens is 1. The number of hydrazine groups is 1. The molecule has 0 saturated carbocycles. The van der Waals surface area contributed by atoms with E-state index in [1.54, 1.807) is 18.2 Å². The molecule has 0 spiro atoms. The molecule has 9 heteroatoms. The number of carbonyl (C=O) groups excluding carboxylic acids is 2. The fourth-order valence-corrected chi connectivity index (χ4v) is 5.09. The highest BCUT2D eigenvalue weighted by Crippen LogP contribution is 2.29. The van der Waals surface area contributed by atoms with Crippen LogP contribution in [0.15, 0.2) is 24.3 Å². The van der Waals surface area contributed by atoms with Crippen LogP contribution >= 0.6 is 0 Å². The highest BCUT2D eigenvalue weighted by atomic mass is 19.1. The molecule has 2 aromatic rings. The molecule has 4 heterocycles. The molecule has 166 valence electrons. The number of morpholine rings is 1. The Labute approximate surface area is 180 Å². The van der Waals surface area contributed by atoms with Crippen LogP contribution in [0.25, 0.3) is 10.9 Å². The Morgan fingerprint density at radius 1 is 1.06 bits per heavy atom. The number of likely N-dealkylation sites (tertiary alicyclic amines) is 1. The summed E-state index contributed by atoms with van der Waals surface area (Å²) in [5.41, 5.74) is 7.53. The number of benzene rings is 1. The van der Waals surface area contributed by atoms with E-state index >= 15 is 0 Å². The molecule has 3 saturated heterocycles. The maximum atomic E-state index is 14.0. The van der Waals surface area contributed by atoms with Gasteiger partial charge in [0.2, 0.25) is 5.91 Å². The van der Waals surface area contributed by atoms with Gasteiger partial charge in [0.1, 0.15) is 11.5 Å². The maximum Gasteiger partial charge on any atom is 0.270 e. The van der Waals surface area contributed by atoms with Crippen molar-refractivity contribution in [3.05, 3.63) is 35.8 Å². The van der Waals surface area contributed by atoms with E-state index in [9.17, 15) is 14.0 Å². The third kappa shape index (κ3) is 3.93. The van der Waals surface area contributed by atoms with Gasteiger partial charge in [-0.2, -0.15) is 0 Å². The number of piperidine rings is 1. The van der Waals surface area contributed by atoms with Crippen molar-refractivity contribution in [2.75, 3.05) is 45.9 Å². The van der Waals surface area contributed by atoms with Gasteiger partial charge in [0.05, 0.1) is 19.1 Å². The Morgan fingerprint density at radius 2 is 1.84 bits per heavy atom. The molecule has 2 atom stereocenters. The van der Waals surface area contributed by atoms with Crippen molar-refractivity contribution >= 4 is 22.7 Å². The molecule has 3 fully saturated rings. The lowest BCUT2D eigenvalue weighted by molar-refractivity contribution is -0.140. The van der Waals surface area contributed by atoms with Crippen molar-refractivity contribution in [3.8, 4) is 0 Å². The molecule has 0 aliphatic carbocycles. The van der Waals surface area contributed by atoms with Crippen molar-refractivity contribution in [2.24, 2.45) is 11.8 Å². The highest BCUT2D eigenvalue weighted by molar-refractivity contribution is 5.98. The molecule has 5 rings (SSSR count). The number of rotatable bonds is 3. The average Bonchev–Trinajstić information content (AvgIpc) is 3.47. The van der Waals surface area contributed by atoms with E-state index in [-0.39, 0.29) is 29.6 Å². The smallest absolute Gasteiger partial charge is 0.270 e. The van der Waals surface area contributed by atoms with Gasteiger partial charge in [0.15, 0.2) is 0 Å². The first kappa shape index (κ1) is 20.4. The van der Waals surface area contributed by atoms with Gasteiger partial charge in [0, 0.05) is 49.7 Å². The lowest BCUT2D eigenvalue weighted by Gasteiger charge is -2.37. The SMILES string of the molecule is O=C(c1cc2c(F)cccc2[nH]1)N1CCC(C2NNCC2C(=O)N2CCOCC2)CC1. The summed E-state index contributed by atoms with van der Waals surface area (Å²) in [5, 5.41) is 0.437. The third-order valence-electron chi connectivity index (χ3n) is 6.84. The molecule has 2 unspecified atom stereocenters. The number of nitrogens with one attached hydrogen (secondary N) is 3. The van der Waals surface area contributed by atoms with Gasteiger partial charge in [-0.15, -0.1) is 0 Å². The van der Waals surface area contributed by atoms with Crippen LogP contribution in [0.4, 0.5) is 4.39 Å². The second kappa shape index (κ2) is 8.57. The minimum absolute atomic E-state index is 0.0646. The number of aromatic amines is 1. The Bertz CT molecular complexity index is 965. The minimum atomic E-state index is -0.331. The lowest BCUT2D eigenvalue weighted by Crippen LogP contribution is -2.51. The Hall–Kier alpha value is -2.49. The fourth-order valence-electron chi connectivity index (χ4n) is 5.09. The van der Waals surface area contributed by atoms with Crippen molar-refractivity contribution in [2.45, 2.75) is 18.9 Å². The molecular formula is C22H28FN5O3. The number of hydrogen-bond donors (Lipinski definition) is 3. The minimum Gasteiger partial charge on any atom is -0.378 e. The van der Waals surface area contributed by atoms with E-state index in [2.05, 4.69) is 15.8 Å². The van der Waals surface area contributed by atoms with Gasteiger partial charge in [-0.3, -0.25) is 20.4 Å². The third-order valence-corrected chi connectivity index (χ3v) is 6.84. The van der Waals surface area contributed by atoms with Crippen molar-refractivity contribution in [3.63, 3.8) is 0 Å². The molecule has 0 bridgehead atoms. The number of nitrogens with zero attached hydrogens (tertiary/aromatic N) is 2. The summed E-state index contributed by atoms with van der Waals surface area (Å²) in [6.07, 6.45) is 1.65. The largest absolute Gasteiger partial charge is 0.378 e. The summed E-state index contributed by atoms with van der Waals surface area (Å²) in [6, 6.07) is 6.46. The number of halogens is 1. The van der Waals surface area contributed by atoms with Crippen LogP contribution in [0.3, 0.4) is 0 Å². The lowest BCUT2D eigenvalue weighted by atomic mass is 9.82. The molecule has 3 aliphatic rings. The number of hydrogen-bond acceptors (Lipinski definition) is 5. The van der Waals surface area contributed by atoms with Crippen LogP contribution < -0.4 is 10.9 Å². The topological polar surface area (TPSA) is 89.7 Å². The Balaban J connectivity index is 1.21. The van der Waals surface area contributed by atoms with Crippen LogP contribution in [-0.2, 0) is 9.53 Å². The highest BCUT2D eigenvalue weighted by Gasteiger charge is 2.41. The fraction of sp³-hybridized carbons (Fsp3) is 0.545. The molecule has 1 aromatic carbocycles. The van der Waals surface area contributed by atoms with Gasteiger partial charge in [-0.1, -0.05) is 6.07 Å². The van der Waals surface area contributed by atoms with Gasteiger partial charge >= 0.3 is 0 Å². The predicted octanol–water partition coefficient (Wildman–Crippen LogP) is 1.11. The van der Waals surface area contributed by atoms with Crippen molar-refractivity contribution < 1.29 is 18.7 Å². The predicted molar refractivity (Wildman–Crippen MR) is 113 cm³/mol. The standard InChI is InChI=1S/C22H28FN5O3/c23-17-2-1-3-18-15(17)12-19(25-18)22(30)27-6-4-14(5-7-27)20-16(13-24-26-20)21(29)28-8-10-31-11-9-28/h1-3,12,14,16,20,24-26H,4-11,13H2. The van der Waals surface area contributed by atoms with E-state index in [0.717, 1.165) is 12.8 Å². The first-order chi connectivity index (χ1) is 15.1. The number of ether oxygens (including phenoxy) is 1. The van der Waals surface area contributed by atoms with E-state index in [1.807, 2.05) is 9.80 Å². The zero-order chi connectivity index (χ0) is 21.4. The number of amides is 2. The number of aromatic nitrogens is 1. The molecule has 3 aliphatic heterocycles. The van der Waals surface area contributed by atoms with Crippen LogP contribution in [0.2, 0.25) is 0 Å². The molecule has 31 heavy (non-hydrogen) atoms. The monoisotopic (exact) mass is 429 g/mol. The van der Waals surface area contributed by atoms with Gasteiger partial charge < -0.3 is 19.5 Å². The second-order valence-corrected chi connectivity index (χ2v) is 8.61. The van der Waals surface area contributed by atoms with Crippen LogP contribution in [0, 0.1) is 17.7 Å². The van der Waals surface area contributed by atoms with E-state index in [1.165, 1.54) is 6.07 Å². The van der Waals surface area contributed by atoms with Crippen LogP contribution in [0.1, 0.15) is 23.3 Å². The summed E-state index contributed by atoms with van der Waals surface area (Å²) in [4.78, 5) is 32.7. The number of carbonyl (C=O) groups is 2. The van der Waals surface area contributed by atoms with Gasteiger partial charge in [-0.25, -0.2) is 4.39 Å². The first-order valence-corrected chi connectivity index (χ1v) is 11.0. The molecule has 3 N–H and O–H groups in total. The van der Waals surface area contributed by atoms with E-state index in [0.29, 0.717) is 68.5 Å². The summed E-state index contributed by atoms with van der Waals surface area (Å²) in [6.45, 7) is 4.38. The number of fused-ring (bicyclic) bond motifs is 1. The molecule has 1 aromatic heterocycles. The zero-order valence-corrected chi connectivity index (χ0v) is 17.4. The Kier molecular flexibility index (Phi) is 5.64. The van der Waals surface area contributed by atoms with E-state index in [4.69, 9.17) is 4.74 Å². The molecule has 2 amide bonds. The van der Waals surface area contributed by atoms with Crippen LogP contribution in [-0.4, -0.2) is 78.6 Å². The summed E-state index contributed by atoms with van der Waals surface area (Å²) < 4.78 is 19.3. The second-order valence-electron chi connectivity index (χ2n) is 8.61. The molecular weight excluding hydrogens is 401 g/mol. The summed E-state index contributed by atoms with van der Waals surface area (Å²) in [5.74, 6) is -0.0320. The van der Waals surface area contributed by atoms with Crippen molar-refractivity contribution in [1.29, 1.82) is 0 Å². The Morgan fingerprint density at radius 3 is 2.58 bits per heavy atom. The van der Waals surface area contributed by atoms with Gasteiger partial charge in [0.25, 0.3) is 5.91 Å². The summed E-state index contributed by atoms with van der Waals surface area (Å²) >= 11 is 0. The van der Waals surface area contributed by atoms with Crippen molar-refractivity contribution in [1.82, 2.24) is 25.6 Å². The van der Waals surface area contributed by atoms with E-state index < -0.39 is 0 Å². The van der Waals surface area contributed by atoms with Crippen LogP contribution in [0.5, 0.6) is 0 Å². The maximum absolute atomic E-state index is 14.0. The summed E-state index contributed by atoms with van der Waals surface area (Å²) in [7, 11) is 0. The normalized spacial score (nSPS) is 25.3. The zero-order valence-electron chi connectivity index (χ0n) is 17.4.